The number of ether oxygens (including phenoxy) is 4. The van der Waals surface area contributed by atoms with E-state index in [4.69, 9.17) is 18.9 Å². The maximum absolute atomic E-state index is 12.5. The normalized spacial score (nSPS) is 10.4. The van der Waals surface area contributed by atoms with Crippen molar-refractivity contribution in [2.24, 2.45) is 0 Å². The number of hydrogen-bond acceptors (Lipinski definition) is 10. The molecule has 0 amide bonds. The maximum Gasteiger partial charge on any atom is 0.338 e. The SMILES string of the molecule is CCOC(=O)c1cc(C(=O)OCc2csc(-c3cccc(OC)c3OC)n2)cc([N+](=O)[O-])c1. The second-order valence-corrected chi connectivity index (χ2v) is 7.37. The number of nitrogens with zero attached hydrogens (tertiary/aromatic N) is 2. The molecule has 0 spiro atoms. The van der Waals surface area contributed by atoms with Crippen molar-refractivity contribution in [2.45, 2.75) is 13.5 Å². The third-order valence-corrected chi connectivity index (χ3v) is 5.34. The van der Waals surface area contributed by atoms with Crippen LogP contribution in [0.15, 0.2) is 41.8 Å². The van der Waals surface area contributed by atoms with E-state index in [1.54, 1.807) is 24.4 Å². The number of non-ortho nitro benzene ring substituents is 1. The van der Waals surface area contributed by atoms with Crippen LogP contribution in [0.4, 0.5) is 5.69 Å². The Hall–Kier alpha value is -3.99. The van der Waals surface area contributed by atoms with Gasteiger partial charge in [0.1, 0.15) is 11.6 Å². The Balaban J connectivity index is 1.78. The maximum atomic E-state index is 12.5. The van der Waals surface area contributed by atoms with Gasteiger partial charge in [-0.05, 0) is 25.1 Å². The van der Waals surface area contributed by atoms with E-state index in [-0.39, 0.29) is 24.3 Å². The molecule has 0 aliphatic rings. The van der Waals surface area contributed by atoms with Crippen LogP contribution < -0.4 is 9.47 Å². The fraction of sp³-hybridized carbons (Fsp3) is 0.227. The second kappa shape index (κ2) is 10.6. The summed E-state index contributed by atoms with van der Waals surface area (Å²) in [6, 6.07) is 8.68. The van der Waals surface area contributed by atoms with Crippen molar-refractivity contribution >= 4 is 29.0 Å². The molecule has 0 radical (unpaired) electrons. The summed E-state index contributed by atoms with van der Waals surface area (Å²) in [5.41, 5.74) is 0.520. The van der Waals surface area contributed by atoms with E-state index in [2.05, 4.69) is 4.98 Å². The first-order chi connectivity index (χ1) is 15.9. The molecule has 33 heavy (non-hydrogen) atoms. The van der Waals surface area contributed by atoms with Gasteiger partial charge in [-0.1, -0.05) is 6.07 Å². The molecule has 11 heteroatoms. The highest BCUT2D eigenvalue weighted by atomic mass is 32.1. The largest absolute Gasteiger partial charge is 0.493 e. The predicted octanol–water partition coefficient (Wildman–Crippen LogP) is 4.27. The standard InChI is InChI=1S/C22H20N2O8S/c1-4-31-21(25)13-8-14(10-16(9-13)24(27)28)22(26)32-11-15-12-33-20(23-15)17-6-5-7-18(29-2)19(17)30-3/h5-10,12H,4,11H2,1-3H3. The molecule has 0 aliphatic heterocycles. The quantitative estimate of drug-likeness (QED) is 0.255. The molecule has 0 N–H and O–H groups in total. The van der Waals surface area contributed by atoms with E-state index >= 15 is 0 Å². The highest BCUT2D eigenvalue weighted by Gasteiger charge is 2.20. The molecule has 1 heterocycles. The van der Waals surface area contributed by atoms with Crippen molar-refractivity contribution in [2.75, 3.05) is 20.8 Å². The average Bonchev–Trinajstić information content (AvgIpc) is 3.30. The van der Waals surface area contributed by atoms with Crippen LogP contribution in [-0.4, -0.2) is 42.7 Å². The summed E-state index contributed by atoms with van der Waals surface area (Å²) in [5, 5.41) is 13.6. The minimum absolute atomic E-state index is 0.0888. The summed E-state index contributed by atoms with van der Waals surface area (Å²) < 4.78 is 20.9. The van der Waals surface area contributed by atoms with E-state index in [0.29, 0.717) is 22.2 Å². The van der Waals surface area contributed by atoms with Gasteiger partial charge < -0.3 is 18.9 Å². The lowest BCUT2D eigenvalue weighted by Crippen LogP contribution is -2.10. The van der Waals surface area contributed by atoms with Crippen molar-refractivity contribution in [3.8, 4) is 22.1 Å². The van der Waals surface area contributed by atoms with Gasteiger partial charge in [0.15, 0.2) is 11.5 Å². The van der Waals surface area contributed by atoms with Crippen LogP contribution in [0.5, 0.6) is 11.5 Å². The topological polar surface area (TPSA) is 127 Å². The Morgan fingerprint density at radius 1 is 1.06 bits per heavy atom. The number of nitro groups is 1. The first-order valence-electron chi connectivity index (χ1n) is 9.67. The highest BCUT2D eigenvalue weighted by molar-refractivity contribution is 7.13. The number of aromatic nitrogens is 1. The van der Waals surface area contributed by atoms with Gasteiger partial charge in [-0.3, -0.25) is 10.1 Å². The van der Waals surface area contributed by atoms with Gasteiger partial charge in [-0.15, -0.1) is 11.3 Å². The molecular weight excluding hydrogens is 452 g/mol. The first kappa shape index (κ1) is 23.7. The van der Waals surface area contributed by atoms with E-state index in [9.17, 15) is 19.7 Å². The fourth-order valence-corrected chi connectivity index (χ4v) is 3.77. The van der Waals surface area contributed by atoms with Crippen LogP contribution in [0.2, 0.25) is 0 Å². The molecule has 172 valence electrons. The smallest absolute Gasteiger partial charge is 0.338 e. The molecular formula is C22H20N2O8S. The number of methoxy groups -OCH3 is 2. The van der Waals surface area contributed by atoms with Crippen molar-refractivity contribution in [3.63, 3.8) is 0 Å². The first-order valence-corrected chi connectivity index (χ1v) is 10.5. The number of hydrogen-bond donors (Lipinski definition) is 0. The third kappa shape index (κ3) is 5.44. The average molecular weight is 472 g/mol. The van der Waals surface area contributed by atoms with E-state index in [1.165, 1.54) is 31.6 Å². The fourth-order valence-electron chi connectivity index (χ4n) is 2.94. The van der Waals surface area contributed by atoms with Crippen molar-refractivity contribution < 1.29 is 33.5 Å². The van der Waals surface area contributed by atoms with Crippen molar-refractivity contribution in [3.05, 3.63) is 68.7 Å². The molecule has 3 rings (SSSR count). The number of rotatable bonds is 9. The Kier molecular flexibility index (Phi) is 7.57. The molecule has 0 fully saturated rings. The number of carbonyl (C=O) groups excluding carboxylic acids is 2. The third-order valence-electron chi connectivity index (χ3n) is 4.41. The zero-order valence-electron chi connectivity index (χ0n) is 18.0. The highest BCUT2D eigenvalue weighted by Crippen LogP contribution is 2.39. The van der Waals surface area contributed by atoms with Gasteiger partial charge in [0, 0.05) is 17.5 Å². The van der Waals surface area contributed by atoms with Gasteiger partial charge in [-0.25, -0.2) is 14.6 Å². The predicted molar refractivity (Wildman–Crippen MR) is 119 cm³/mol. The summed E-state index contributed by atoms with van der Waals surface area (Å²) >= 11 is 1.33. The lowest BCUT2D eigenvalue weighted by molar-refractivity contribution is -0.384. The summed E-state index contributed by atoms with van der Waals surface area (Å²) in [4.78, 5) is 39.5. The molecule has 0 atom stereocenters. The van der Waals surface area contributed by atoms with Crippen LogP contribution in [-0.2, 0) is 16.1 Å². The molecule has 3 aromatic rings. The second-order valence-electron chi connectivity index (χ2n) is 6.51. The summed E-state index contributed by atoms with van der Waals surface area (Å²) in [5.74, 6) is -0.522. The zero-order chi connectivity index (χ0) is 24.0. The number of nitro benzene ring substituents is 1. The molecule has 0 aliphatic carbocycles. The molecule has 0 saturated carbocycles. The lowest BCUT2D eigenvalue weighted by Gasteiger charge is -2.10. The van der Waals surface area contributed by atoms with Crippen LogP contribution in [0.3, 0.4) is 0 Å². The van der Waals surface area contributed by atoms with Crippen molar-refractivity contribution in [1.82, 2.24) is 4.98 Å². The van der Waals surface area contributed by atoms with E-state index in [0.717, 1.165) is 17.7 Å². The van der Waals surface area contributed by atoms with E-state index in [1.807, 2.05) is 6.07 Å². The summed E-state index contributed by atoms with van der Waals surface area (Å²) in [6.45, 7) is 1.53. The van der Waals surface area contributed by atoms with Crippen molar-refractivity contribution in [1.29, 1.82) is 0 Å². The number of benzene rings is 2. The molecule has 10 nitrogen and oxygen atoms in total. The number of para-hydroxylation sites is 1. The zero-order valence-corrected chi connectivity index (χ0v) is 18.8. The number of esters is 2. The lowest BCUT2D eigenvalue weighted by atomic mass is 10.1. The summed E-state index contributed by atoms with van der Waals surface area (Å²) in [7, 11) is 3.07. The Morgan fingerprint density at radius 2 is 1.76 bits per heavy atom. The minimum Gasteiger partial charge on any atom is -0.493 e. The van der Waals surface area contributed by atoms with Gasteiger partial charge in [0.2, 0.25) is 0 Å². The van der Waals surface area contributed by atoms with Crippen LogP contribution in [0.25, 0.3) is 10.6 Å². The van der Waals surface area contributed by atoms with Gasteiger partial charge in [-0.2, -0.15) is 0 Å². The Bertz CT molecular complexity index is 1190. The van der Waals surface area contributed by atoms with Crippen LogP contribution in [0, 0.1) is 10.1 Å². The molecule has 0 unspecified atom stereocenters. The van der Waals surface area contributed by atoms with Gasteiger partial charge >= 0.3 is 11.9 Å². The molecule has 2 aromatic carbocycles. The summed E-state index contributed by atoms with van der Waals surface area (Å²) in [6.07, 6.45) is 0. The van der Waals surface area contributed by atoms with Gasteiger partial charge in [0.25, 0.3) is 5.69 Å². The van der Waals surface area contributed by atoms with Crippen LogP contribution in [0.1, 0.15) is 33.3 Å². The Morgan fingerprint density at radius 3 is 2.36 bits per heavy atom. The van der Waals surface area contributed by atoms with Crippen LogP contribution >= 0.6 is 11.3 Å². The Labute approximate surface area is 192 Å². The molecule has 0 bridgehead atoms. The monoisotopic (exact) mass is 472 g/mol. The number of thiazole rings is 1. The minimum atomic E-state index is -0.835. The molecule has 0 saturated heterocycles. The van der Waals surface area contributed by atoms with E-state index < -0.39 is 22.5 Å². The van der Waals surface area contributed by atoms with Gasteiger partial charge in [0.05, 0.1) is 48.1 Å². The number of carbonyl (C=O) groups is 2. The molecule has 1 aromatic heterocycles.